The van der Waals surface area contributed by atoms with Crippen molar-refractivity contribution < 1.29 is 9.23 Å². The van der Waals surface area contributed by atoms with Crippen molar-refractivity contribution in [1.29, 1.82) is 0 Å². The zero-order chi connectivity index (χ0) is 7.56. The minimum atomic E-state index is -0.249. The predicted octanol–water partition coefficient (Wildman–Crippen LogP) is 1.81. The summed E-state index contributed by atoms with van der Waals surface area (Å²) >= 11 is 0. The molecule has 0 saturated carbocycles. The summed E-state index contributed by atoms with van der Waals surface area (Å²) in [4.78, 5) is 4.38. The van der Waals surface area contributed by atoms with E-state index in [-0.39, 0.29) is 18.2 Å². The van der Waals surface area contributed by atoms with E-state index in [2.05, 4.69) is 4.84 Å². The van der Waals surface area contributed by atoms with Gasteiger partial charge in [-0.3, -0.25) is 0 Å². The van der Waals surface area contributed by atoms with Crippen LogP contribution in [0.25, 0.3) is 0 Å². The van der Waals surface area contributed by atoms with Crippen molar-refractivity contribution >= 4 is 12.4 Å². The third-order valence-electron chi connectivity index (χ3n) is 1.27. The molecule has 0 unspecified atom stereocenters. The van der Waals surface area contributed by atoms with Crippen LogP contribution in [0.3, 0.4) is 0 Å². The summed E-state index contributed by atoms with van der Waals surface area (Å²) in [5.41, 5.74) is 0.531. The van der Waals surface area contributed by atoms with E-state index in [1.807, 2.05) is 0 Å². The first-order valence-corrected chi connectivity index (χ1v) is 2.87. The quantitative estimate of drug-likeness (QED) is 0.664. The van der Waals surface area contributed by atoms with Crippen molar-refractivity contribution in [1.82, 2.24) is 0 Å². The standard InChI is InChI=1S/C7H8FNO.ClH/c1-5-4-6(10-9)2-3-7(5)8;/h2-4H,9H2,1H3;1H. The normalized spacial score (nSPS) is 8.64. The summed E-state index contributed by atoms with van der Waals surface area (Å²) in [5.74, 6) is 5.07. The molecule has 62 valence electrons. The first-order chi connectivity index (χ1) is 4.74. The summed E-state index contributed by atoms with van der Waals surface area (Å²) in [7, 11) is 0. The van der Waals surface area contributed by atoms with Gasteiger partial charge < -0.3 is 4.84 Å². The molecule has 2 nitrogen and oxygen atoms in total. The van der Waals surface area contributed by atoms with Gasteiger partial charge in [0.2, 0.25) is 0 Å². The van der Waals surface area contributed by atoms with E-state index in [0.717, 1.165) is 0 Å². The minimum Gasteiger partial charge on any atom is -0.412 e. The average Bonchev–Trinajstić information content (AvgIpc) is 1.95. The molecule has 0 aliphatic carbocycles. The number of hydrogen-bond acceptors (Lipinski definition) is 2. The van der Waals surface area contributed by atoms with Crippen LogP contribution in [0.1, 0.15) is 5.56 Å². The van der Waals surface area contributed by atoms with E-state index in [9.17, 15) is 4.39 Å². The van der Waals surface area contributed by atoms with Gasteiger partial charge in [-0.05, 0) is 30.7 Å². The fraction of sp³-hybridized carbons (Fsp3) is 0.143. The molecule has 0 atom stereocenters. The zero-order valence-corrected chi connectivity index (χ0v) is 6.82. The molecule has 1 aromatic rings. The van der Waals surface area contributed by atoms with E-state index in [1.165, 1.54) is 18.2 Å². The summed E-state index contributed by atoms with van der Waals surface area (Å²) in [5, 5.41) is 0. The molecular weight excluding hydrogens is 169 g/mol. The van der Waals surface area contributed by atoms with Crippen LogP contribution in [-0.4, -0.2) is 0 Å². The molecule has 0 aromatic heterocycles. The topological polar surface area (TPSA) is 35.2 Å². The first-order valence-electron chi connectivity index (χ1n) is 2.87. The molecule has 0 saturated heterocycles. The Kier molecular flexibility index (Phi) is 3.85. The van der Waals surface area contributed by atoms with Crippen LogP contribution in [0.2, 0.25) is 0 Å². The average molecular weight is 178 g/mol. The molecule has 0 spiro atoms. The molecule has 1 aromatic carbocycles. The lowest BCUT2D eigenvalue weighted by atomic mass is 10.2. The third-order valence-corrected chi connectivity index (χ3v) is 1.27. The predicted molar refractivity (Wildman–Crippen MR) is 43.2 cm³/mol. The Balaban J connectivity index is 0.000001000. The molecule has 1 rings (SSSR count). The fourth-order valence-electron chi connectivity index (χ4n) is 0.690. The molecule has 0 fully saturated rings. The zero-order valence-electron chi connectivity index (χ0n) is 6.00. The number of aryl methyl sites for hydroxylation is 1. The van der Waals surface area contributed by atoms with Crippen LogP contribution in [0, 0.1) is 12.7 Å². The highest BCUT2D eigenvalue weighted by molar-refractivity contribution is 5.85. The van der Waals surface area contributed by atoms with Gasteiger partial charge in [-0.15, -0.1) is 12.4 Å². The van der Waals surface area contributed by atoms with Gasteiger partial charge in [0.15, 0.2) is 0 Å². The van der Waals surface area contributed by atoms with Gasteiger partial charge in [0.1, 0.15) is 11.6 Å². The number of hydrogen-bond donors (Lipinski definition) is 1. The molecule has 0 radical (unpaired) electrons. The second-order valence-corrected chi connectivity index (χ2v) is 2.03. The third kappa shape index (κ3) is 2.37. The summed E-state index contributed by atoms with van der Waals surface area (Å²) < 4.78 is 12.5. The molecule has 2 N–H and O–H groups in total. The number of nitrogens with two attached hydrogens (primary N) is 1. The summed E-state index contributed by atoms with van der Waals surface area (Å²) in [6, 6.07) is 4.33. The van der Waals surface area contributed by atoms with Crippen molar-refractivity contribution in [2.45, 2.75) is 6.92 Å². The number of halogens is 2. The highest BCUT2D eigenvalue weighted by Crippen LogP contribution is 2.13. The van der Waals surface area contributed by atoms with E-state index in [4.69, 9.17) is 5.90 Å². The fourth-order valence-corrected chi connectivity index (χ4v) is 0.690. The van der Waals surface area contributed by atoms with Gasteiger partial charge in [-0.2, -0.15) is 5.90 Å². The van der Waals surface area contributed by atoms with Crippen LogP contribution < -0.4 is 10.7 Å². The summed E-state index contributed by atoms with van der Waals surface area (Å²) in [6.45, 7) is 1.65. The molecule has 0 bridgehead atoms. The van der Waals surface area contributed by atoms with Gasteiger partial charge in [0, 0.05) is 0 Å². The molecular formula is C7H9ClFNO. The van der Waals surface area contributed by atoms with Crippen molar-refractivity contribution in [3.8, 4) is 5.75 Å². The van der Waals surface area contributed by atoms with E-state index < -0.39 is 0 Å². The van der Waals surface area contributed by atoms with Gasteiger partial charge in [-0.1, -0.05) is 0 Å². The van der Waals surface area contributed by atoms with Crippen molar-refractivity contribution in [3.05, 3.63) is 29.6 Å². The maximum atomic E-state index is 12.5. The van der Waals surface area contributed by atoms with E-state index >= 15 is 0 Å². The molecule has 0 heterocycles. The van der Waals surface area contributed by atoms with Gasteiger partial charge in [0.25, 0.3) is 0 Å². The lowest BCUT2D eigenvalue weighted by molar-refractivity contribution is 0.333. The molecule has 11 heavy (non-hydrogen) atoms. The maximum Gasteiger partial charge on any atom is 0.147 e. The number of benzene rings is 1. The Hall–Kier alpha value is -0.800. The lowest BCUT2D eigenvalue weighted by Gasteiger charge is -1.99. The largest absolute Gasteiger partial charge is 0.412 e. The molecule has 4 heteroatoms. The second-order valence-electron chi connectivity index (χ2n) is 2.03. The maximum absolute atomic E-state index is 12.5. The Bertz CT molecular complexity index is 242. The highest BCUT2D eigenvalue weighted by Gasteiger charge is 1.97. The number of rotatable bonds is 1. The lowest BCUT2D eigenvalue weighted by Crippen LogP contribution is -2.01. The van der Waals surface area contributed by atoms with Gasteiger partial charge in [0.05, 0.1) is 0 Å². The van der Waals surface area contributed by atoms with Gasteiger partial charge in [-0.25, -0.2) is 4.39 Å². The van der Waals surface area contributed by atoms with Crippen LogP contribution in [0.5, 0.6) is 5.75 Å². The smallest absolute Gasteiger partial charge is 0.147 e. The Morgan fingerprint density at radius 1 is 1.45 bits per heavy atom. The Labute approximate surface area is 70.5 Å². The van der Waals surface area contributed by atoms with Crippen LogP contribution in [0.4, 0.5) is 4.39 Å². The minimum absolute atomic E-state index is 0. The van der Waals surface area contributed by atoms with Crippen LogP contribution >= 0.6 is 12.4 Å². The van der Waals surface area contributed by atoms with Crippen molar-refractivity contribution in [2.24, 2.45) is 5.90 Å². The van der Waals surface area contributed by atoms with E-state index in [0.29, 0.717) is 11.3 Å². The monoisotopic (exact) mass is 177 g/mol. The molecule has 0 aliphatic rings. The van der Waals surface area contributed by atoms with Crippen LogP contribution in [-0.2, 0) is 0 Å². The first kappa shape index (κ1) is 10.2. The second kappa shape index (κ2) is 4.16. The highest BCUT2D eigenvalue weighted by atomic mass is 35.5. The Morgan fingerprint density at radius 2 is 2.09 bits per heavy atom. The molecule has 0 amide bonds. The SMILES string of the molecule is Cc1cc(ON)ccc1F.Cl. The van der Waals surface area contributed by atoms with Crippen molar-refractivity contribution in [2.75, 3.05) is 0 Å². The summed E-state index contributed by atoms with van der Waals surface area (Å²) in [6.07, 6.45) is 0. The van der Waals surface area contributed by atoms with E-state index in [1.54, 1.807) is 6.92 Å². The van der Waals surface area contributed by atoms with Crippen molar-refractivity contribution in [3.63, 3.8) is 0 Å². The Morgan fingerprint density at radius 3 is 2.55 bits per heavy atom. The van der Waals surface area contributed by atoms with Crippen LogP contribution in [0.15, 0.2) is 18.2 Å². The molecule has 0 aliphatic heterocycles. The van der Waals surface area contributed by atoms with Gasteiger partial charge >= 0.3 is 0 Å².